The van der Waals surface area contributed by atoms with Gasteiger partial charge in [-0.15, -0.1) is 5.10 Å². The van der Waals surface area contributed by atoms with Gasteiger partial charge in [0.15, 0.2) is 17.3 Å². The first-order valence-electron chi connectivity index (χ1n) is 16.9. The zero-order valence-electron chi connectivity index (χ0n) is 29.0. The van der Waals surface area contributed by atoms with Gasteiger partial charge in [0.1, 0.15) is 18.0 Å². The Kier molecular flexibility index (Phi) is 9.17. The van der Waals surface area contributed by atoms with E-state index in [-0.39, 0.29) is 72.6 Å². The van der Waals surface area contributed by atoms with Crippen molar-refractivity contribution in [2.45, 2.75) is 39.4 Å². The number of aromatic hydroxyl groups is 1. The maximum Gasteiger partial charge on any atom is 0.419 e. The number of benzene rings is 1. The van der Waals surface area contributed by atoms with Gasteiger partial charge < -0.3 is 34.1 Å². The average molecular weight is 738 g/mol. The van der Waals surface area contributed by atoms with Crippen LogP contribution in [0.3, 0.4) is 0 Å². The van der Waals surface area contributed by atoms with Crippen LogP contribution in [0.15, 0.2) is 41.5 Å². The number of anilines is 2. The molecule has 1 fully saturated rings. The number of hydrogen-bond donors (Lipinski definition) is 2. The van der Waals surface area contributed by atoms with Crippen LogP contribution in [-0.2, 0) is 35.7 Å². The summed E-state index contributed by atoms with van der Waals surface area (Å²) in [6.45, 7) is 4.06. The van der Waals surface area contributed by atoms with Crippen molar-refractivity contribution in [3.05, 3.63) is 81.2 Å². The third-order valence-electron chi connectivity index (χ3n) is 9.68. The number of nitrogens with one attached hydrogen (secondary N) is 1. The number of ether oxygens (including phenoxy) is 1. The molecule has 1 aromatic carbocycles. The van der Waals surface area contributed by atoms with Gasteiger partial charge in [0, 0.05) is 56.1 Å². The molecule has 5 aromatic rings. The van der Waals surface area contributed by atoms with Crippen molar-refractivity contribution in [1.82, 2.24) is 33.6 Å². The molecular weight excluding hydrogens is 702 g/mol. The highest BCUT2D eigenvalue weighted by Crippen LogP contribution is 2.35. The number of aryl methyl sites for hydroxylation is 1. The third-order valence-corrected chi connectivity index (χ3v) is 9.68. The molecule has 6 heterocycles. The number of alkyl halides is 3. The maximum atomic E-state index is 14.7. The van der Waals surface area contributed by atoms with Gasteiger partial charge in [-0.3, -0.25) is 14.4 Å². The Balaban J connectivity index is 1.22. The lowest BCUT2D eigenvalue weighted by molar-refractivity contribution is -0.140. The van der Waals surface area contributed by atoms with Crippen LogP contribution < -0.4 is 15.8 Å². The van der Waals surface area contributed by atoms with Gasteiger partial charge in [-0.1, -0.05) is 13.0 Å². The summed E-state index contributed by atoms with van der Waals surface area (Å²) in [5.41, 5.74) is -0.453. The molecule has 18 heteroatoms. The van der Waals surface area contributed by atoms with E-state index in [2.05, 4.69) is 20.4 Å². The molecule has 0 aliphatic carbocycles. The van der Waals surface area contributed by atoms with Crippen LogP contribution in [0.4, 0.5) is 28.9 Å². The molecule has 53 heavy (non-hydrogen) atoms. The Labute approximate surface area is 298 Å². The Morgan fingerprint density at radius 1 is 1.11 bits per heavy atom. The molecule has 0 bridgehead atoms. The molecule has 1 saturated heterocycles. The van der Waals surface area contributed by atoms with E-state index in [0.717, 1.165) is 23.1 Å². The molecule has 2 amide bonds. The monoisotopic (exact) mass is 737 g/mol. The molecule has 14 nitrogen and oxygen atoms in total. The van der Waals surface area contributed by atoms with Crippen molar-refractivity contribution in [1.29, 1.82) is 0 Å². The van der Waals surface area contributed by atoms with Crippen LogP contribution in [0.25, 0.3) is 22.3 Å². The van der Waals surface area contributed by atoms with Crippen molar-refractivity contribution in [2.75, 3.05) is 49.6 Å². The Morgan fingerprint density at radius 3 is 2.55 bits per heavy atom. The van der Waals surface area contributed by atoms with Gasteiger partial charge >= 0.3 is 6.18 Å². The number of aromatic nitrogens is 6. The van der Waals surface area contributed by atoms with E-state index in [4.69, 9.17) is 4.74 Å². The van der Waals surface area contributed by atoms with E-state index in [9.17, 15) is 37.1 Å². The minimum absolute atomic E-state index is 0.0649. The standard InChI is InChI=1S/C35H35F4N9O5/c1-4-24-29(45-11-13-46(14-12-45)32(51)28-30(50)21-7-10-44(3)25(21)17-40-28)33(52)48-34(42-31(43-48)20-8-15-53-16-9-20)47(24)18-26(49)41-23-6-5-22(35(37,38)39)27(36)19(23)2/h5-8,10,17,50H,4,9,11-16,18H2,1-3H3,(H,41,49). The first kappa shape index (κ1) is 35.6. The number of pyridine rings is 1. The summed E-state index contributed by atoms with van der Waals surface area (Å²) in [4.78, 5) is 53.5. The summed E-state index contributed by atoms with van der Waals surface area (Å²) in [5.74, 6) is -2.53. The summed E-state index contributed by atoms with van der Waals surface area (Å²) >= 11 is 0. The SMILES string of the molecule is CCc1c(N2CCN(C(=O)c3ncc4c(ccn4C)c3O)CC2)c(=O)n2nc(C3=CCOCC3)nc2n1CC(=O)Nc1ccc(C(F)(F)F)c(F)c1C. The minimum Gasteiger partial charge on any atom is -0.505 e. The molecule has 0 atom stereocenters. The highest BCUT2D eigenvalue weighted by molar-refractivity contribution is 6.01. The molecule has 2 aliphatic heterocycles. The van der Waals surface area contributed by atoms with Gasteiger partial charge in [0.25, 0.3) is 11.5 Å². The zero-order valence-corrected chi connectivity index (χ0v) is 29.0. The molecule has 0 saturated carbocycles. The normalized spacial score (nSPS) is 15.3. The zero-order chi connectivity index (χ0) is 37.8. The average Bonchev–Trinajstić information content (AvgIpc) is 3.76. The van der Waals surface area contributed by atoms with Crippen LogP contribution in [0, 0.1) is 12.7 Å². The fraction of sp³-hybridized carbons (Fsp3) is 0.371. The molecule has 7 rings (SSSR count). The summed E-state index contributed by atoms with van der Waals surface area (Å²) in [7, 11) is 1.80. The number of nitrogens with zero attached hydrogens (tertiary/aromatic N) is 8. The first-order valence-corrected chi connectivity index (χ1v) is 16.9. The second kappa shape index (κ2) is 13.6. The van der Waals surface area contributed by atoms with Crippen LogP contribution in [0.5, 0.6) is 5.75 Å². The van der Waals surface area contributed by atoms with Crippen molar-refractivity contribution < 1.29 is 37.0 Å². The summed E-state index contributed by atoms with van der Waals surface area (Å²) < 4.78 is 64.4. The number of fused-ring (bicyclic) bond motifs is 2. The highest BCUT2D eigenvalue weighted by atomic mass is 19.4. The minimum atomic E-state index is -4.91. The number of amides is 2. The topological polar surface area (TPSA) is 152 Å². The summed E-state index contributed by atoms with van der Waals surface area (Å²) in [5, 5.41) is 18.4. The predicted molar refractivity (Wildman–Crippen MR) is 185 cm³/mol. The number of hydrogen-bond acceptors (Lipinski definition) is 9. The van der Waals surface area contributed by atoms with Crippen molar-refractivity contribution in [3.8, 4) is 5.75 Å². The first-order chi connectivity index (χ1) is 25.3. The molecular formula is C35H35F4N9O5. The van der Waals surface area contributed by atoms with Crippen molar-refractivity contribution in [3.63, 3.8) is 0 Å². The molecule has 0 spiro atoms. The Hall–Kier alpha value is -5.78. The second-order valence-electron chi connectivity index (χ2n) is 12.8. The van der Waals surface area contributed by atoms with Gasteiger partial charge in [-0.2, -0.15) is 22.7 Å². The largest absolute Gasteiger partial charge is 0.505 e. The molecule has 2 aliphatic rings. The fourth-order valence-electron chi connectivity index (χ4n) is 6.82. The molecule has 0 radical (unpaired) electrons. The lowest BCUT2D eigenvalue weighted by atomic mass is 10.1. The highest BCUT2D eigenvalue weighted by Gasteiger charge is 2.35. The molecule has 4 aromatic heterocycles. The number of carbonyl (C=O) groups excluding carboxylic acids is 2. The van der Waals surface area contributed by atoms with Gasteiger partial charge in [-0.05, 0) is 43.5 Å². The molecule has 278 valence electrons. The lowest BCUT2D eigenvalue weighted by Crippen LogP contribution is -2.51. The predicted octanol–water partition coefficient (Wildman–Crippen LogP) is 3.92. The number of carbonyl (C=O) groups is 2. The summed E-state index contributed by atoms with van der Waals surface area (Å²) in [6, 6.07) is 3.26. The smallest absolute Gasteiger partial charge is 0.419 e. The fourth-order valence-corrected chi connectivity index (χ4v) is 6.82. The van der Waals surface area contributed by atoms with Gasteiger partial charge in [-0.25, -0.2) is 9.37 Å². The van der Waals surface area contributed by atoms with Crippen LogP contribution in [0.2, 0.25) is 0 Å². The maximum absolute atomic E-state index is 14.7. The van der Waals surface area contributed by atoms with E-state index in [1.54, 1.807) is 40.6 Å². The molecule has 2 N–H and O–H groups in total. The lowest BCUT2D eigenvalue weighted by Gasteiger charge is -2.36. The quantitative estimate of drug-likeness (QED) is 0.237. The second-order valence-corrected chi connectivity index (χ2v) is 12.8. The van der Waals surface area contributed by atoms with Crippen LogP contribution in [0.1, 0.15) is 46.5 Å². The Bertz CT molecular complexity index is 2370. The Morgan fingerprint density at radius 2 is 1.87 bits per heavy atom. The van der Waals surface area contributed by atoms with Gasteiger partial charge in [0.2, 0.25) is 11.7 Å². The van der Waals surface area contributed by atoms with Gasteiger partial charge in [0.05, 0.1) is 36.2 Å². The van der Waals surface area contributed by atoms with E-state index in [0.29, 0.717) is 42.3 Å². The number of halogens is 4. The van der Waals surface area contributed by atoms with Crippen LogP contribution >= 0.6 is 0 Å². The number of rotatable bonds is 7. The third kappa shape index (κ3) is 6.36. The van der Waals surface area contributed by atoms with E-state index in [1.165, 1.54) is 10.8 Å². The van der Waals surface area contributed by atoms with Crippen molar-refractivity contribution in [2.24, 2.45) is 7.05 Å². The summed E-state index contributed by atoms with van der Waals surface area (Å²) in [6.07, 6.45) is 0.931. The van der Waals surface area contributed by atoms with E-state index >= 15 is 0 Å². The molecule has 0 unspecified atom stereocenters. The van der Waals surface area contributed by atoms with E-state index < -0.39 is 41.5 Å². The number of piperazine rings is 1. The van der Waals surface area contributed by atoms with Crippen molar-refractivity contribution >= 4 is 45.4 Å². The van der Waals surface area contributed by atoms with Crippen LogP contribution in [-0.4, -0.2) is 89.9 Å². The van der Waals surface area contributed by atoms with E-state index in [1.807, 2.05) is 6.08 Å².